The van der Waals surface area contributed by atoms with Crippen LogP contribution in [0.1, 0.15) is 168 Å². The van der Waals surface area contributed by atoms with Gasteiger partial charge >= 0.3 is 0 Å². The van der Waals surface area contributed by atoms with Crippen molar-refractivity contribution in [3.63, 3.8) is 0 Å². The molecule has 17 atom stereocenters. The number of ether oxygens (including phenoxy) is 6. The number of hydrogen-bond donors (Lipinski definition) is 12. The standard InChI is InChI=1S/C64H107NO18/c1-3-5-7-9-11-13-15-16-17-18-19-20-21-22-23-24-25-26-27-28-29-30-32-34-36-38-40-42-52(70)65-47(48(69)41-39-37-35-33-31-14-12-10-8-6-4-2)46-78-62-58(76)55(73)60(50(44-67)80-62)83-64-59(77)56(74)61(51(45-68)81-64)82-63-57(75)54(72)53(71)49(43-66)79-63/h5,7,11,13,16-17,19-20,22-23,25-26,31,33,39,41,47-51,53-64,66-69,71-77H,3-4,6,8-10,12,14-15,18,21,24,27-30,32,34-38,40,42-46H2,1-2H3,(H,65,70)/b7-5-,13-11-,17-16-,20-19-,23-22-,26-25-,33-31+,41-39+. The fourth-order valence-corrected chi connectivity index (χ4v) is 9.80. The van der Waals surface area contributed by atoms with Gasteiger partial charge in [0.2, 0.25) is 5.91 Å². The number of amides is 1. The van der Waals surface area contributed by atoms with E-state index in [4.69, 9.17) is 28.4 Å². The summed E-state index contributed by atoms with van der Waals surface area (Å²) in [5.74, 6) is -0.301. The third kappa shape index (κ3) is 29.3. The highest BCUT2D eigenvalue weighted by atomic mass is 16.8. The van der Waals surface area contributed by atoms with E-state index in [-0.39, 0.29) is 18.9 Å². The molecular weight excluding hydrogens is 1070 g/mol. The highest BCUT2D eigenvalue weighted by Crippen LogP contribution is 2.33. The maximum absolute atomic E-state index is 13.3. The van der Waals surface area contributed by atoms with E-state index in [1.54, 1.807) is 6.08 Å². The summed E-state index contributed by atoms with van der Waals surface area (Å²) in [6, 6.07) is -0.999. The van der Waals surface area contributed by atoms with Gasteiger partial charge in [-0.15, -0.1) is 0 Å². The average Bonchev–Trinajstić information content (AvgIpc) is 3.62. The Morgan fingerprint density at radius 2 is 0.843 bits per heavy atom. The second kappa shape index (κ2) is 45.9. The first-order chi connectivity index (χ1) is 40.3. The smallest absolute Gasteiger partial charge is 0.220 e. The van der Waals surface area contributed by atoms with Gasteiger partial charge in [-0.2, -0.15) is 0 Å². The largest absolute Gasteiger partial charge is 0.394 e. The number of rotatable bonds is 44. The van der Waals surface area contributed by atoms with Crippen molar-refractivity contribution in [1.82, 2.24) is 5.32 Å². The molecule has 0 aromatic heterocycles. The Balaban J connectivity index is 1.44. The monoisotopic (exact) mass is 1180 g/mol. The second-order valence-corrected chi connectivity index (χ2v) is 21.8. The van der Waals surface area contributed by atoms with Gasteiger partial charge in [0.25, 0.3) is 0 Å². The summed E-state index contributed by atoms with van der Waals surface area (Å²) in [5, 5.41) is 120. The van der Waals surface area contributed by atoms with Crippen LogP contribution in [0, 0.1) is 0 Å². The van der Waals surface area contributed by atoms with E-state index < -0.39 is 124 Å². The number of aliphatic hydroxyl groups excluding tert-OH is 11. The van der Waals surface area contributed by atoms with Crippen molar-refractivity contribution in [3.8, 4) is 0 Å². The molecular formula is C64H107NO18. The van der Waals surface area contributed by atoms with Crippen LogP contribution in [0.5, 0.6) is 0 Å². The molecule has 0 bridgehead atoms. The number of allylic oxidation sites excluding steroid dienone is 15. The van der Waals surface area contributed by atoms with E-state index in [1.165, 1.54) is 32.1 Å². The fraction of sp³-hybridized carbons (Fsp3) is 0.734. The van der Waals surface area contributed by atoms with Crippen molar-refractivity contribution in [2.45, 2.75) is 272 Å². The number of carbonyl (C=O) groups excluding carboxylic acids is 1. The van der Waals surface area contributed by atoms with Crippen LogP contribution in [-0.4, -0.2) is 193 Å². The third-order valence-electron chi connectivity index (χ3n) is 14.9. The first kappa shape index (κ1) is 74.0. The van der Waals surface area contributed by atoms with Crippen molar-refractivity contribution in [3.05, 3.63) is 97.2 Å². The summed E-state index contributed by atoms with van der Waals surface area (Å²) in [6.07, 6.45) is 31.1. The van der Waals surface area contributed by atoms with Crippen LogP contribution in [0.25, 0.3) is 0 Å². The molecule has 3 aliphatic heterocycles. The van der Waals surface area contributed by atoms with Gasteiger partial charge in [-0.25, -0.2) is 0 Å². The Morgan fingerprint density at radius 3 is 1.35 bits per heavy atom. The van der Waals surface area contributed by atoms with Crippen LogP contribution in [0.3, 0.4) is 0 Å². The Morgan fingerprint density at radius 1 is 0.446 bits per heavy atom. The van der Waals surface area contributed by atoms with Crippen LogP contribution in [-0.2, 0) is 33.2 Å². The molecule has 3 aliphatic rings. The van der Waals surface area contributed by atoms with Crippen LogP contribution in [0.2, 0.25) is 0 Å². The maximum atomic E-state index is 13.3. The molecule has 19 nitrogen and oxygen atoms in total. The Labute approximate surface area is 494 Å². The minimum absolute atomic E-state index is 0.219. The molecule has 0 aromatic carbocycles. The van der Waals surface area contributed by atoms with Gasteiger partial charge in [-0.3, -0.25) is 4.79 Å². The normalized spacial score (nSPS) is 30.1. The summed E-state index contributed by atoms with van der Waals surface area (Å²) < 4.78 is 34.2. The zero-order chi connectivity index (χ0) is 60.5. The van der Waals surface area contributed by atoms with Crippen molar-refractivity contribution < 1.29 is 89.4 Å². The SMILES string of the molecule is CC/C=C\C/C=C\C/C=C\C/C=C\C/C=C\C/C=C\CCCCCCCCCCC(=O)NC(COC1OC(CO)C(OC2OC(CO)C(OC3OC(CO)C(O)C(O)C3O)C(O)C2O)C(O)C1O)C(O)/C=C/CC/C=C/CCCCCCC. The summed E-state index contributed by atoms with van der Waals surface area (Å²) in [6.45, 7) is 1.52. The zero-order valence-electron chi connectivity index (χ0n) is 49.6. The zero-order valence-corrected chi connectivity index (χ0v) is 49.6. The minimum Gasteiger partial charge on any atom is -0.394 e. The van der Waals surface area contributed by atoms with Gasteiger partial charge in [0.15, 0.2) is 18.9 Å². The minimum atomic E-state index is -1.99. The topological polar surface area (TPSA) is 307 Å². The van der Waals surface area contributed by atoms with Crippen LogP contribution < -0.4 is 5.32 Å². The fourth-order valence-electron chi connectivity index (χ4n) is 9.80. The summed E-state index contributed by atoms with van der Waals surface area (Å²) in [5.41, 5.74) is 0. The molecule has 17 unspecified atom stereocenters. The molecule has 0 aliphatic carbocycles. The van der Waals surface area contributed by atoms with E-state index in [1.807, 2.05) is 6.08 Å². The number of hydrogen-bond acceptors (Lipinski definition) is 18. The lowest BCUT2D eigenvalue weighted by atomic mass is 9.96. The first-order valence-electron chi connectivity index (χ1n) is 31.0. The number of aliphatic hydroxyl groups is 11. The summed E-state index contributed by atoms with van der Waals surface area (Å²) >= 11 is 0. The number of nitrogens with one attached hydrogen (secondary N) is 1. The quantitative estimate of drug-likeness (QED) is 0.0241. The third-order valence-corrected chi connectivity index (χ3v) is 14.9. The molecule has 0 aromatic rings. The lowest BCUT2D eigenvalue weighted by Gasteiger charge is -2.48. The molecule has 0 radical (unpaired) electrons. The Kier molecular flexibility index (Phi) is 40.9. The van der Waals surface area contributed by atoms with Gasteiger partial charge in [0.1, 0.15) is 73.2 Å². The van der Waals surface area contributed by atoms with Crippen molar-refractivity contribution in [1.29, 1.82) is 0 Å². The van der Waals surface area contributed by atoms with Crippen LogP contribution >= 0.6 is 0 Å². The molecule has 0 saturated carbocycles. The van der Waals surface area contributed by atoms with Gasteiger partial charge in [0, 0.05) is 6.42 Å². The lowest BCUT2D eigenvalue weighted by Crippen LogP contribution is -2.66. The Hall–Kier alpha value is -3.29. The highest BCUT2D eigenvalue weighted by molar-refractivity contribution is 5.76. The van der Waals surface area contributed by atoms with Crippen molar-refractivity contribution in [2.75, 3.05) is 26.4 Å². The number of unbranched alkanes of at least 4 members (excludes halogenated alkanes) is 14. The molecule has 3 fully saturated rings. The van der Waals surface area contributed by atoms with E-state index >= 15 is 0 Å². The number of carbonyl (C=O) groups is 1. The van der Waals surface area contributed by atoms with E-state index in [9.17, 15) is 61.0 Å². The maximum Gasteiger partial charge on any atom is 0.220 e. The lowest BCUT2D eigenvalue weighted by molar-refractivity contribution is -0.379. The van der Waals surface area contributed by atoms with Gasteiger partial charge < -0.3 is 89.9 Å². The first-order valence-corrected chi connectivity index (χ1v) is 31.0. The van der Waals surface area contributed by atoms with Gasteiger partial charge in [-0.05, 0) is 83.5 Å². The second-order valence-electron chi connectivity index (χ2n) is 21.8. The molecule has 12 N–H and O–H groups in total. The van der Waals surface area contributed by atoms with Crippen molar-refractivity contribution >= 4 is 5.91 Å². The molecule has 3 saturated heterocycles. The van der Waals surface area contributed by atoms with E-state index in [0.717, 1.165) is 103 Å². The summed E-state index contributed by atoms with van der Waals surface area (Å²) in [4.78, 5) is 13.3. The molecule has 19 heteroatoms. The molecule has 1 amide bonds. The van der Waals surface area contributed by atoms with Crippen molar-refractivity contribution in [2.24, 2.45) is 0 Å². The van der Waals surface area contributed by atoms with Gasteiger partial charge in [-0.1, -0.05) is 175 Å². The average molecular weight is 1180 g/mol. The Bertz CT molecular complexity index is 1890. The van der Waals surface area contributed by atoms with Crippen LogP contribution in [0.4, 0.5) is 0 Å². The van der Waals surface area contributed by atoms with Crippen LogP contribution in [0.15, 0.2) is 97.2 Å². The van der Waals surface area contributed by atoms with E-state index in [2.05, 4.69) is 104 Å². The molecule has 83 heavy (non-hydrogen) atoms. The molecule has 3 rings (SSSR count). The highest BCUT2D eigenvalue weighted by Gasteiger charge is 2.53. The molecule has 476 valence electrons. The predicted octanol–water partition coefficient (Wildman–Crippen LogP) is 6.15. The van der Waals surface area contributed by atoms with E-state index in [0.29, 0.717) is 12.8 Å². The summed E-state index contributed by atoms with van der Waals surface area (Å²) in [7, 11) is 0. The molecule has 0 spiro atoms. The molecule has 3 heterocycles. The van der Waals surface area contributed by atoms with Gasteiger partial charge in [0.05, 0.1) is 38.6 Å². The predicted molar refractivity (Wildman–Crippen MR) is 318 cm³/mol.